The van der Waals surface area contributed by atoms with Crippen molar-refractivity contribution in [1.82, 2.24) is 0 Å². The zero-order valence-electron chi connectivity index (χ0n) is 9.97. The van der Waals surface area contributed by atoms with Crippen LogP contribution >= 0.6 is 0 Å². The van der Waals surface area contributed by atoms with Crippen molar-refractivity contribution in [2.75, 3.05) is 0 Å². The fraction of sp³-hybridized carbons (Fsp3) is 0.727. The third-order valence-electron chi connectivity index (χ3n) is 1.74. The summed E-state index contributed by atoms with van der Waals surface area (Å²) in [6, 6.07) is 0. The van der Waals surface area contributed by atoms with Gasteiger partial charge in [0.2, 0.25) is 0 Å². The molecule has 0 fully saturated rings. The monoisotopic (exact) mass is 388 g/mol. The summed E-state index contributed by atoms with van der Waals surface area (Å²) in [6.07, 6.45) is 1.22. The van der Waals surface area contributed by atoms with Crippen molar-refractivity contribution in [3.63, 3.8) is 0 Å². The molecule has 0 atom stereocenters. The van der Waals surface area contributed by atoms with Crippen LogP contribution in [-0.2, 0) is 9.59 Å². The van der Waals surface area contributed by atoms with Crippen LogP contribution in [0.2, 0.25) is 0 Å². The summed E-state index contributed by atoms with van der Waals surface area (Å²) in [4.78, 5) is 22.9. The van der Waals surface area contributed by atoms with Gasteiger partial charge in [0.25, 0.3) is 0 Å². The molecule has 0 amide bonds. The predicted molar refractivity (Wildman–Crippen MR) is 59.0 cm³/mol. The van der Waals surface area contributed by atoms with Crippen LogP contribution in [0.5, 0.6) is 0 Å². The van der Waals surface area contributed by atoms with Crippen molar-refractivity contribution in [3.05, 3.63) is 6.42 Å². The number of carbonyl (C=O) groups excluding carboxylic acids is 2. The maximum Gasteiger partial charge on any atom is 1.00 e. The Balaban J connectivity index is 0. The Morgan fingerprint density at radius 2 is 1.00 bits per heavy atom. The molecule has 0 aliphatic carbocycles. The summed E-state index contributed by atoms with van der Waals surface area (Å²) < 4.78 is 0. The number of Topliss-reactive ketones (excluding diaryl/α,β-unsaturated/α-hetero) is 2. The molecule has 0 radical (unpaired) electrons. The van der Waals surface area contributed by atoms with Gasteiger partial charge in [0, 0.05) is 11.6 Å². The van der Waals surface area contributed by atoms with Gasteiger partial charge in [-0.25, -0.2) is 0 Å². The molecule has 0 N–H and O–H groups in total. The molecule has 78 valence electrons. The van der Waals surface area contributed by atoms with E-state index in [0.29, 0.717) is 0 Å². The van der Waals surface area contributed by atoms with Crippen LogP contribution in [0.1, 0.15) is 41.5 Å². The zero-order chi connectivity index (χ0) is 10.9. The molecule has 0 aromatic heterocycles. The number of hydrogen-bond donors (Lipinski definition) is 0. The number of rotatable bonds is 2. The van der Waals surface area contributed by atoms with Gasteiger partial charge in [0.15, 0.2) is 0 Å². The zero-order valence-corrected chi connectivity index (χ0v) is 14.5. The smallest absolute Gasteiger partial charge is 0.333 e. The molecule has 0 saturated heterocycles. The van der Waals surface area contributed by atoms with Gasteiger partial charge in [-0.1, -0.05) is 41.5 Å². The molecule has 14 heavy (non-hydrogen) atoms. The van der Waals surface area contributed by atoms with Crippen LogP contribution in [0.25, 0.3) is 0 Å². The first kappa shape index (κ1) is 16.6. The van der Waals surface area contributed by atoms with E-state index in [2.05, 4.69) is 0 Å². The molecule has 0 unspecified atom stereocenters. The fourth-order valence-corrected chi connectivity index (χ4v) is 0.552. The summed E-state index contributed by atoms with van der Waals surface area (Å²) in [7, 11) is 0. The molecule has 0 saturated carbocycles. The molecule has 0 aromatic rings. The number of carbonyl (C=O) groups is 2. The third kappa shape index (κ3) is 5.78. The van der Waals surface area contributed by atoms with E-state index in [4.69, 9.17) is 0 Å². The summed E-state index contributed by atoms with van der Waals surface area (Å²) in [5, 5.41) is 0. The Morgan fingerprint density at radius 3 is 1.14 bits per heavy atom. The average molecular weight is 388 g/mol. The maximum absolute atomic E-state index is 11.4. The van der Waals surface area contributed by atoms with Gasteiger partial charge < -0.3 is 9.59 Å². The van der Waals surface area contributed by atoms with Gasteiger partial charge >= 0.3 is 27.3 Å². The van der Waals surface area contributed by atoms with Crippen molar-refractivity contribution in [3.8, 4) is 0 Å². The maximum atomic E-state index is 11.4. The van der Waals surface area contributed by atoms with Gasteiger partial charge in [-0.05, 0) is 10.8 Å². The second-order valence-corrected chi connectivity index (χ2v) is 5.37. The van der Waals surface area contributed by atoms with Crippen LogP contribution in [0.4, 0.5) is 0 Å². The van der Waals surface area contributed by atoms with Crippen molar-refractivity contribution < 1.29 is 9.59 Å². The number of hydrogen-bond acceptors (Lipinski definition) is 2. The van der Waals surface area contributed by atoms with Crippen molar-refractivity contribution in [2.45, 2.75) is 41.5 Å². The summed E-state index contributed by atoms with van der Waals surface area (Å²) >= 11 is 0. The van der Waals surface area contributed by atoms with Gasteiger partial charge in [-0.3, -0.25) is 6.42 Å². The first-order valence-electron chi connectivity index (χ1n) is 4.49. The van der Waals surface area contributed by atoms with E-state index >= 15 is 0 Å². The van der Waals surface area contributed by atoms with E-state index in [1.165, 1.54) is 6.42 Å². The molecule has 0 heterocycles. The third-order valence-corrected chi connectivity index (χ3v) is 1.74. The molecule has 0 aromatic carbocycles. The predicted octanol–water partition coefficient (Wildman–Crippen LogP) is 2.04. The topological polar surface area (TPSA) is 34.1 Å². The fourth-order valence-electron chi connectivity index (χ4n) is 0.552. The van der Waals surface area contributed by atoms with Crippen LogP contribution in [0.3, 0.4) is 0 Å². The molecular weight excluding hydrogens is 369 g/mol. The van der Waals surface area contributed by atoms with E-state index in [9.17, 15) is 9.59 Å². The normalized spacial score (nSPS) is 11.6. The Bertz CT molecular complexity index is 194. The van der Waals surface area contributed by atoms with Crippen LogP contribution in [-0.4, -0.2) is 38.9 Å². The molecule has 0 aliphatic heterocycles. The Hall–Kier alpha value is 0.132. The first-order valence-corrected chi connectivity index (χ1v) is 4.49. The van der Waals surface area contributed by atoms with Crippen molar-refractivity contribution in [2.24, 2.45) is 10.8 Å². The van der Waals surface area contributed by atoms with E-state index in [-0.39, 0.29) is 38.9 Å². The minimum Gasteiger partial charge on any atom is -0.333 e. The van der Waals surface area contributed by atoms with Gasteiger partial charge in [0.05, 0.1) is 0 Å². The Kier molecular flexibility index (Phi) is 6.25. The second-order valence-electron chi connectivity index (χ2n) is 5.37. The molecule has 0 rings (SSSR count). The number of ketones is 2. The molecular formula is C11H19O2Tl. The molecule has 0 bridgehead atoms. The minimum atomic E-state index is -0.457. The van der Waals surface area contributed by atoms with E-state index in [1.54, 1.807) is 0 Å². The Labute approximate surface area is 107 Å². The molecule has 3 heteroatoms. The van der Waals surface area contributed by atoms with Crippen LogP contribution in [0.15, 0.2) is 0 Å². The second kappa shape index (κ2) is 5.28. The van der Waals surface area contributed by atoms with Gasteiger partial charge in [0.1, 0.15) is 0 Å². The van der Waals surface area contributed by atoms with E-state index in [1.807, 2.05) is 41.5 Å². The first-order chi connectivity index (χ1) is 5.55. The minimum absolute atomic E-state index is 0. The summed E-state index contributed by atoms with van der Waals surface area (Å²) in [5.41, 5.74) is -0.915. The quantitative estimate of drug-likeness (QED) is 0.413. The summed E-state index contributed by atoms with van der Waals surface area (Å²) in [6.45, 7) is 10.8. The average Bonchev–Trinajstić information content (AvgIpc) is 1.82. The Morgan fingerprint density at radius 1 is 0.786 bits per heavy atom. The molecule has 2 nitrogen and oxygen atoms in total. The van der Waals surface area contributed by atoms with Crippen molar-refractivity contribution >= 4 is 38.9 Å². The van der Waals surface area contributed by atoms with Crippen molar-refractivity contribution in [1.29, 1.82) is 0 Å². The van der Waals surface area contributed by atoms with Crippen LogP contribution in [0, 0.1) is 17.3 Å². The summed E-state index contributed by atoms with van der Waals surface area (Å²) in [5.74, 6) is -0.208. The van der Waals surface area contributed by atoms with E-state index < -0.39 is 10.8 Å². The van der Waals surface area contributed by atoms with E-state index in [0.717, 1.165) is 0 Å². The van der Waals surface area contributed by atoms with Gasteiger partial charge in [-0.2, -0.15) is 0 Å². The molecule has 0 spiro atoms. The van der Waals surface area contributed by atoms with Crippen LogP contribution < -0.4 is 0 Å². The molecule has 0 aliphatic rings. The van der Waals surface area contributed by atoms with Gasteiger partial charge in [-0.15, -0.1) is 0 Å². The SMILES string of the molecule is CC(C)(C)C(=O)[CH-]C(=O)C(C)(C)C.[Tl+]. The standard InChI is InChI=1S/C11H19O2.Tl/c1-10(2,3)8(12)7-9(13)11(4,5)6;/h7H,1-6H3;/q-1;+1. The largest absolute Gasteiger partial charge is 1.00 e.